The van der Waals surface area contributed by atoms with Gasteiger partial charge in [0.15, 0.2) is 0 Å². The molecule has 0 aromatic carbocycles. The second kappa shape index (κ2) is 6.84. The van der Waals surface area contributed by atoms with E-state index in [-0.39, 0.29) is 17.5 Å². The number of allylic oxidation sites excluding steroid dienone is 1. The Hall–Kier alpha value is -1.42. The summed E-state index contributed by atoms with van der Waals surface area (Å²) < 4.78 is 0. The summed E-state index contributed by atoms with van der Waals surface area (Å²) in [6.07, 6.45) is 8.23. The lowest BCUT2D eigenvalue weighted by Gasteiger charge is -2.09. The number of aromatic nitrogens is 2. The van der Waals surface area contributed by atoms with E-state index in [9.17, 15) is 4.79 Å². The Bertz CT molecular complexity index is 526. The number of carbonyl (C=O) groups is 1. The summed E-state index contributed by atoms with van der Waals surface area (Å²) in [4.78, 5) is 20.5. The molecule has 0 atom stereocenters. The Labute approximate surface area is 124 Å². The molecule has 1 aromatic heterocycles. The average molecular weight is 294 g/mol. The number of nitrogens with one attached hydrogen (secondary N) is 1. The molecule has 0 saturated heterocycles. The molecule has 0 bridgehead atoms. The maximum Gasteiger partial charge on any atom is 0.271 e. The number of hydrogen-bond acceptors (Lipinski definition) is 3. The van der Waals surface area contributed by atoms with Gasteiger partial charge in [-0.2, -0.15) is 0 Å². The SMILES string of the molecule is CC(C)c1ncc(Cl)c(C(=O)NCCC2=CCCC2)n1. The van der Waals surface area contributed by atoms with Crippen molar-refractivity contribution in [3.8, 4) is 0 Å². The molecule has 108 valence electrons. The first-order chi connectivity index (χ1) is 9.58. The van der Waals surface area contributed by atoms with Gasteiger partial charge in [0.2, 0.25) is 0 Å². The predicted molar refractivity (Wildman–Crippen MR) is 80.0 cm³/mol. The van der Waals surface area contributed by atoms with Crippen LogP contribution >= 0.6 is 11.6 Å². The number of carbonyl (C=O) groups excluding carboxylic acids is 1. The highest BCUT2D eigenvalue weighted by Crippen LogP contribution is 2.20. The topological polar surface area (TPSA) is 54.9 Å². The first kappa shape index (κ1) is 15.0. The van der Waals surface area contributed by atoms with Crippen molar-refractivity contribution < 1.29 is 4.79 Å². The van der Waals surface area contributed by atoms with Crippen LogP contribution in [0.2, 0.25) is 5.02 Å². The molecule has 1 N–H and O–H groups in total. The normalized spacial score (nSPS) is 14.5. The minimum absolute atomic E-state index is 0.169. The molecule has 1 aromatic rings. The zero-order chi connectivity index (χ0) is 14.5. The lowest BCUT2D eigenvalue weighted by atomic mass is 10.1. The summed E-state index contributed by atoms with van der Waals surface area (Å²) in [7, 11) is 0. The van der Waals surface area contributed by atoms with E-state index in [0.29, 0.717) is 17.4 Å². The van der Waals surface area contributed by atoms with Crippen LogP contribution in [0.1, 0.15) is 61.8 Å². The fourth-order valence-electron chi connectivity index (χ4n) is 2.20. The van der Waals surface area contributed by atoms with Gasteiger partial charge in [-0.05, 0) is 25.7 Å². The Morgan fingerprint density at radius 3 is 2.95 bits per heavy atom. The number of rotatable bonds is 5. The second-order valence-corrected chi connectivity index (χ2v) is 5.75. The van der Waals surface area contributed by atoms with Crippen LogP contribution in [0.3, 0.4) is 0 Å². The molecule has 0 unspecified atom stereocenters. The number of amides is 1. The molecular formula is C15H20ClN3O. The van der Waals surface area contributed by atoms with E-state index in [1.54, 1.807) is 0 Å². The smallest absolute Gasteiger partial charge is 0.271 e. The molecule has 0 saturated carbocycles. The highest BCUT2D eigenvalue weighted by Gasteiger charge is 2.15. The van der Waals surface area contributed by atoms with Crippen molar-refractivity contribution in [3.63, 3.8) is 0 Å². The lowest BCUT2D eigenvalue weighted by Crippen LogP contribution is -2.26. The maximum atomic E-state index is 12.1. The summed E-state index contributed by atoms with van der Waals surface area (Å²) in [5, 5.41) is 3.18. The fraction of sp³-hybridized carbons (Fsp3) is 0.533. The van der Waals surface area contributed by atoms with E-state index in [1.807, 2.05) is 13.8 Å². The van der Waals surface area contributed by atoms with Crippen LogP contribution in [0.15, 0.2) is 17.8 Å². The fourth-order valence-corrected chi connectivity index (χ4v) is 2.38. The highest BCUT2D eigenvalue weighted by molar-refractivity contribution is 6.33. The summed E-state index contributed by atoms with van der Waals surface area (Å²) >= 11 is 6.00. The van der Waals surface area contributed by atoms with Crippen LogP contribution in [0.4, 0.5) is 0 Å². The third-order valence-corrected chi connectivity index (χ3v) is 3.64. The van der Waals surface area contributed by atoms with E-state index >= 15 is 0 Å². The van der Waals surface area contributed by atoms with Crippen molar-refractivity contribution in [1.82, 2.24) is 15.3 Å². The van der Waals surface area contributed by atoms with Gasteiger partial charge in [-0.15, -0.1) is 0 Å². The van der Waals surface area contributed by atoms with Crippen LogP contribution in [0, 0.1) is 0 Å². The van der Waals surface area contributed by atoms with Crippen LogP contribution in [0.5, 0.6) is 0 Å². The summed E-state index contributed by atoms with van der Waals surface area (Å²) in [5.41, 5.74) is 1.70. The van der Waals surface area contributed by atoms with Gasteiger partial charge < -0.3 is 5.32 Å². The van der Waals surface area contributed by atoms with Gasteiger partial charge in [-0.25, -0.2) is 9.97 Å². The summed E-state index contributed by atoms with van der Waals surface area (Å²) in [6, 6.07) is 0. The van der Waals surface area contributed by atoms with Crippen LogP contribution in [0.25, 0.3) is 0 Å². The standard InChI is InChI=1S/C15H20ClN3O/c1-10(2)14-18-9-12(16)13(19-14)15(20)17-8-7-11-5-3-4-6-11/h5,9-10H,3-4,6-8H2,1-2H3,(H,17,20). The summed E-state index contributed by atoms with van der Waals surface area (Å²) in [6.45, 7) is 4.59. The molecule has 0 fully saturated rings. The third kappa shape index (κ3) is 3.79. The van der Waals surface area contributed by atoms with Gasteiger partial charge in [-0.3, -0.25) is 4.79 Å². The molecule has 2 rings (SSSR count). The van der Waals surface area contributed by atoms with E-state index in [2.05, 4.69) is 21.4 Å². The first-order valence-electron chi connectivity index (χ1n) is 7.06. The average Bonchev–Trinajstić information content (AvgIpc) is 2.92. The van der Waals surface area contributed by atoms with Gasteiger partial charge in [0.25, 0.3) is 5.91 Å². The third-order valence-electron chi connectivity index (χ3n) is 3.36. The number of hydrogen-bond donors (Lipinski definition) is 1. The van der Waals surface area contributed by atoms with Gasteiger partial charge in [-0.1, -0.05) is 37.1 Å². The van der Waals surface area contributed by atoms with Crippen LogP contribution in [-0.2, 0) is 0 Å². The summed E-state index contributed by atoms with van der Waals surface area (Å²) in [5.74, 6) is 0.582. The predicted octanol–water partition coefficient (Wildman–Crippen LogP) is 3.48. The molecule has 0 radical (unpaired) electrons. The van der Waals surface area contributed by atoms with Crippen molar-refractivity contribution in [3.05, 3.63) is 34.4 Å². The van der Waals surface area contributed by atoms with E-state index in [1.165, 1.54) is 24.6 Å². The Kier molecular flexibility index (Phi) is 5.12. The number of halogens is 1. The van der Waals surface area contributed by atoms with Gasteiger partial charge >= 0.3 is 0 Å². The Balaban J connectivity index is 1.95. The van der Waals surface area contributed by atoms with E-state index in [0.717, 1.165) is 12.8 Å². The molecule has 1 aliphatic carbocycles. The van der Waals surface area contributed by atoms with Crippen molar-refractivity contribution in [2.75, 3.05) is 6.54 Å². The molecule has 0 spiro atoms. The van der Waals surface area contributed by atoms with Crippen molar-refractivity contribution >= 4 is 17.5 Å². The van der Waals surface area contributed by atoms with Crippen molar-refractivity contribution in [2.45, 2.75) is 45.4 Å². The monoisotopic (exact) mass is 293 g/mol. The Morgan fingerprint density at radius 1 is 1.50 bits per heavy atom. The largest absolute Gasteiger partial charge is 0.350 e. The van der Waals surface area contributed by atoms with Crippen molar-refractivity contribution in [2.24, 2.45) is 0 Å². The molecule has 20 heavy (non-hydrogen) atoms. The molecule has 1 aliphatic rings. The maximum absolute atomic E-state index is 12.1. The van der Waals surface area contributed by atoms with Gasteiger partial charge in [0, 0.05) is 12.5 Å². The molecule has 0 aliphatic heterocycles. The zero-order valence-electron chi connectivity index (χ0n) is 11.9. The molecule has 5 heteroatoms. The quantitative estimate of drug-likeness (QED) is 0.846. The van der Waals surface area contributed by atoms with Crippen LogP contribution in [-0.4, -0.2) is 22.4 Å². The van der Waals surface area contributed by atoms with E-state index < -0.39 is 0 Å². The molecule has 1 heterocycles. The first-order valence-corrected chi connectivity index (χ1v) is 7.44. The molecular weight excluding hydrogens is 274 g/mol. The molecule has 1 amide bonds. The van der Waals surface area contributed by atoms with E-state index in [4.69, 9.17) is 11.6 Å². The number of nitrogens with zero attached hydrogens (tertiary/aromatic N) is 2. The second-order valence-electron chi connectivity index (χ2n) is 5.34. The van der Waals surface area contributed by atoms with Gasteiger partial charge in [0.1, 0.15) is 11.5 Å². The highest BCUT2D eigenvalue weighted by atomic mass is 35.5. The van der Waals surface area contributed by atoms with Crippen LogP contribution < -0.4 is 5.32 Å². The Morgan fingerprint density at radius 2 is 2.30 bits per heavy atom. The minimum atomic E-state index is -0.224. The lowest BCUT2D eigenvalue weighted by molar-refractivity contribution is 0.0948. The minimum Gasteiger partial charge on any atom is -0.350 e. The zero-order valence-corrected chi connectivity index (χ0v) is 12.7. The van der Waals surface area contributed by atoms with Gasteiger partial charge in [0.05, 0.1) is 11.2 Å². The molecule has 4 nitrogen and oxygen atoms in total. The van der Waals surface area contributed by atoms with Crippen molar-refractivity contribution in [1.29, 1.82) is 0 Å².